The van der Waals surface area contributed by atoms with Crippen molar-refractivity contribution in [1.82, 2.24) is 20.9 Å². The minimum atomic E-state index is -1.13. The van der Waals surface area contributed by atoms with Crippen LogP contribution in [0.25, 0.3) is 32.8 Å². The van der Waals surface area contributed by atoms with Gasteiger partial charge in [0.25, 0.3) is 0 Å². The molecule has 0 bridgehead atoms. The largest absolute Gasteiger partial charge is 0.449 e. The number of amides is 4. The van der Waals surface area contributed by atoms with E-state index >= 15 is 0 Å². The number of carbonyl (C=O) groups is 4. The van der Waals surface area contributed by atoms with Gasteiger partial charge in [-0.15, -0.1) is 0 Å². The topological polar surface area (TPSA) is 168 Å². The lowest BCUT2D eigenvalue weighted by atomic mass is 9.98. The highest BCUT2D eigenvalue weighted by Gasteiger charge is 2.31. The van der Waals surface area contributed by atoms with Gasteiger partial charge in [0.05, 0.1) is 5.52 Å². The summed E-state index contributed by atoms with van der Waals surface area (Å²) in [5, 5.41) is 14.1. The van der Waals surface area contributed by atoms with Gasteiger partial charge in [0.2, 0.25) is 17.4 Å². The Hall–Kier alpha value is -6.95. The fourth-order valence-electron chi connectivity index (χ4n) is 7.94. The summed E-state index contributed by atoms with van der Waals surface area (Å²) in [7, 11) is 0. The number of fused-ring (bicyclic) bond motifs is 5. The molecule has 1 aliphatic rings. The van der Waals surface area contributed by atoms with Gasteiger partial charge in [0.15, 0.2) is 0 Å². The summed E-state index contributed by atoms with van der Waals surface area (Å²) in [5.41, 5.74) is 5.99. The minimum absolute atomic E-state index is 0.0569. The number of benzene rings is 5. The first kappa shape index (κ1) is 42.2. The summed E-state index contributed by atoms with van der Waals surface area (Å²) in [6.07, 6.45) is -0.0440. The third-order valence-corrected chi connectivity index (χ3v) is 10.8. The Labute approximate surface area is 354 Å². The highest BCUT2D eigenvalue weighted by atomic mass is 16.6. The van der Waals surface area contributed by atoms with Gasteiger partial charge >= 0.3 is 12.2 Å². The molecule has 0 spiro atoms. The standard InChI is InChI=1S/C49H51N5O7/c1-30-26-44(55)52-42-28-33(23-24-34(30)42)51-45(56)41(22-11-12-25-50-47(58)61-49(2,3)4)53-46(57)43(27-32-16-13-15-31-14-5-6-17-35(31)32)54-48(59)60-29-40-38-20-9-7-18-36(38)37-19-8-10-21-39(37)40/h5-10,13-21,23-24,26,28,40-41,43H,11-12,22,25,27,29H2,1-4H3,(H,50,58)(H,51,56)(H,52,55)(H,53,57)(H,54,59)/t41-,43-/m0/s1. The molecule has 1 heterocycles. The fourth-order valence-corrected chi connectivity index (χ4v) is 7.94. The van der Waals surface area contributed by atoms with Crippen LogP contribution in [-0.4, -0.2) is 59.8 Å². The monoisotopic (exact) mass is 821 g/mol. The molecule has 0 saturated heterocycles. The molecule has 314 valence electrons. The number of pyridine rings is 1. The van der Waals surface area contributed by atoms with E-state index in [2.05, 4.69) is 38.4 Å². The molecule has 61 heavy (non-hydrogen) atoms. The van der Waals surface area contributed by atoms with Crippen molar-refractivity contribution in [1.29, 1.82) is 0 Å². The van der Waals surface area contributed by atoms with Gasteiger partial charge in [-0.05, 0) is 103 Å². The molecule has 4 amide bonds. The number of anilines is 1. The molecule has 12 heteroatoms. The summed E-state index contributed by atoms with van der Waals surface area (Å²) in [5.74, 6) is -1.25. The van der Waals surface area contributed by atoms with E-state index in [9.17, 15) is 24.0 Å². The summed E-state index contributed by atoms with van der Waals surface area (Å²) in [6.45, 7) is 7.53. The quantitative estimate of drug-likeness (QED) is 0.0690. The Morgan fingerprint density at radius 1 is 0.721 bits per heavy atom. The molecule has 0 fully saturated rings. The van der Waals surface area contributed by atoms with E-state index in [1.165, 1.54) is 6.07 Å². The number of hydrogen-bond donors (Lipinski definition) is 5. The molecule has 0 unspecified atom stereocenters. The molecule has 6 aromatic rings. The van der Waals surface area contributed by atoms with Crippen LogP contribution in [0.3, 0.4) is 0 Å². The summed E-state index contributed by atoms with van der Waals surface area (Å²) in [4.78, 5) is 69.6. The highest BCUT2D eigenvalue weighted by molar-refractivity contribution is 6.00. The van der Waals surface area contributed by atoms with Crippen LogP contribution in [-0.2, 0) is 25.5 Å². The van der Waals surface area contributed by atoms with Crippen LogP contribution in [0.5, 0.6) is 0 Å². The number of aryl methyl sites for hydroxylation is 1. The first-order valence-corrected chi connectivity index (χ1v) is 20.6. The molecule has 0 saturated carbocycles. The zero-order valence-corrected chi connectivity index (χ0v) is 34.8. The number of alkyl carbamates (subject to hydrolysis) is 2. The van der Waals surface area contributed by atoms with Crippen molar-refractivity contribution < 1.29 is 28.7 Å². The average Bonchev–Trinajstić information content (AvgIpc) is 3.54. The number of nitrogens with one attached hydrogen (secondary N) is 5. The van der Waals surface area contributed by atoms with Crippen molar-refractivity contribution in [2.24, 2.45) is 0 Å². The molecule has 1 aliphatic carbocycles. The van der Waals surface area contributed by atoms with E-state index in [0.29, 0.717) is 30.6 Å². The summed E-state index contributed by atoms with van der Waals surface area (Å²) < 4.78 is 11.2. The van der Waals surface area contributed by atoms with Crippen molar-refractivity contribution in [3.05, 3.63) is 148 Å². The normalized spacial score (nSPS) is 13.1. The maximum Gasteiger partial charge on any atom is 0.407 e. The molecule has 0 radical (unpaired) electrons. The molecule has 5 aromatic carbocycles. The van der Waals surface area contributed by atoms with E-state index in [1.807, 2.05) is 91.9 Å². The van der Waals surface area contributed by atoms with Crippen molar-refractivity contribution in [3.63, 3.8) is 0 Å². The van der Waals surface area contributed by atoms with Crippen LogP contribution >= 0.6 is 0 Å². The van der Waals surface area contributed by atoms with Crippen molar-refractivity contribution in [2.75, 3.05) is 18.5 Å². The predicted octanol–water partition coefficient (Wildman–Crippen LogP) is 8.26. The zero-order valence-electron chi connectivity index (χ0n) is 34.8. The number of carbonyl (C=O) groups excluding carboxylic acids is 4. The number of aromatic amines is 1. The highest BCUT2D eigenvalue weighted by Crippen LogP contribution is 2.44. The third kappa shape index (κ3) is 10.4. The lowest BCUT2D eigenvalue weighted by Crippen LogP contribution is -2.53. The van der Waals surface area contributed by atoms with Gasteiger partial charge in [-0.2, -0.15) is 0 Å². The van der Waals surface area contributed by atoms with Gasteiger partial charge in [-0.25, -0.2) is 9.59 Å². The van der Waals surface area contributed by atoms with Crippen LogP contribution in [0, 0.1) is 6.92 Å². The van der Waals surface area contributed by atoms with Crippen LogP contribution in [0.1, 0.15) is 68.2 Å². The molecule has 7 rings (SSSR count). The number of unbranched alkanes of at least 4 members (excludes halogenated alkanes) is 1. The maximum absolute atomic E-state index is 14.5. The van der Waals surface area contributed by atoms with Crippen LogP contribution < -0.4 is 26.8 Å². The minimum Gasteiger partial charge on any atom is -0.449 e. The van der Waals surface area contributed by atoms with Gasteiger partial charge in [0.1, 0.15) is 24.3 Å². The Morgan fingerprint density at radius 3 is 2.15 bits per heavy atom. The Kier molecular flexibility index (Phi) is 12.8. The second-order valence-electron chi connectivity index (χ2n) is 16.4. The lowest BCUT2D eigenvalue weighted by Gasteiger charge is -2.24. The number of H-pyrrole nitrogens is 1. The molecule has 1 aromatic heterocycles. The lowest BCUT2D eigenvalue weighted by molar-refractivity contribution is -0.128. The fraction of sp³-hybridized carbons (Fsp3) is 0.286. The number of rotatable bonds is 14. The van der Waals surface area contributed by atoms with Crippen LogP contribution in [0.4, 0.5) is 15.3 Å². The number of aromatic nitrogens is 1. The SMILES string of the molecule is Cc1cc(=O)[nH]c2cc(NC(=O)[C@H](CCCCNC(=O)OC(C)(C)C)NC(=O)[C@H](Cc3cccc4ccccc34)NC(=O)OCC3c4ccccc4-c4ccccc43)ccc12. The molecule has 2 atom stereocenters. The van der Waals surface area contributed by atoms with E-state index in [0.717, 1.165) is 49.5 Å². The Morgan fingerprint density at radius 2 is 1.41 bits per heavy atom. The Balaban J connectivity index is 1.10. The smallest absolute Gasteiger partial charge is 0.407 e. The van der Waals surface area contributed by atoms with Crippen LogP contribution in [0.2, 0.25) is 0 Å². The van der Waals surface area contributed by atoms with Crippen LogP contribution in [0.15, 0.2) is 120 Å². The zero-order chi connectivity index (χ0) is 43.1. The average molecular weight is 822 g/mol. The number of hydrogen-bond acceptors (Lipinski definition) is 7. The van der Waals surface area contributed by atoms with E-state index in [-0.39, 0.29) is 30.9 Å². The van der Waals surface area contributed by atoms with Crippen molar-refractivity contribution in [2.45, 2.75) is 77.0 Å². The maximum atomic E-state index is 14.5. The van der Waals surface area contributed by atoms with Gasteiger partial charge in [-0.3, -0.25) is 14.4 Å². The van der Waals surface area contributed by atoms with Gasteiger partial charge in [0, 0.05) is 36.0 Å². The van der Waals surface area contributed by atoms with Gasteiger partial charge < -0.3 is 35.7 Å². The van der Waals surface area contributed by atoms with Crippen molar-refractivity contribution in [3.8, 4) is 11.1 Å². The first-order valence-electron chi connectivity index (χ1n) is 20.6. The molecule has 12 nitrogen and oxygen atoms in total. The third-order valence-electron chi connectivity index (χ3n) is 10.8. The van der Waals surface area contributed by atoms with E-state index in [1.54, 1.807) is 32.9 Å². The van der Waals surface area contributed by atoms with E-state index < -0.39 is 41.7 Å². The molecule has 0 aliphatic heterocycles. The summed E-state index contributed by atoms with van der Waals surface area (Å²) in [6, 6.07) is 34.3. The first-order chi connectivity index (χ1) is 29.3. The second kappa shape index (κ2) is 18.5. The second-order valence-corrected chi connectivity index (χ2v) is 16.4. The van der Waals surface area contributed by atoms with Gasteiger partial charge in [-0.1, -0.05) is 97.1 Å². The predicted molar refractivity (Wildman–Crippen MR) is 238 cm³/mol. The molecular weight excluding hydrogens is 771 g/mol. The summed E-state index contributed by atoms with van der Waals surface area (Å²) >= 11 is 0. The Bertz CT molecular complexity index is 2600. The molecule has 5 N–H and O–H groups in total. The van der Waals surface area contributed by atoms with Crippen molar-refractivity contribution >= 4 is 51.4 Å². The van der Waals surface area contributed by atoms with E-state index in [4.69, 9.17) is 9.47 Å². The molecular formula is C49H51N5O7. The number of ether oxygens (including phenoxy) is 2.